The first-order chi connectivity index (χ1) is 13.7. The van der Waals surface area contributed by atoms with Gasteiger partial charge < -0.3 is 14.6 Å². The molecule has 0 aliphatic heterocycles. The second kappa shape index (κ2) is 10.7. The van der Waals surface area contributed by atoms with Gasteiger partial charge in [-0.25, -0.2) is 4.39 Å². The number of hydrogen-bond donors (Lipinski definition) is 1. The molecule has 0 aliphatic rings. The fraction of sp³-hybridized carbons (Fsp3) is 0.455. The van der Waals surface area contributed by atoms with E-state index < -0.39 is 12.8 Å². The van der Waals surface area contributed by atoms with E-state index in [0.29, 0.717) is 34.0 Å². The van der Waals surface area contributed by atoms with E-state index in [1.807, 2.05) is 31.2 Å². The minimum absolute atomic E-state index is 0.0890. The highest BCUT2D eigenvalue weighted by Crippen LogP contribution is 2.40. The van der Waals surface area contributed by atoms with Crippen molar-refractivity contribution in [2.75, 3.05) is 25.8 Å². The number of benzene rings is 2. The highest BCUT2D eigenvalue weighted by molar-refractivity contribution is 6.37. The molecule has 2 aromatic rings. The minimum Gasteiger partial charge on any atom is -0.491 e. The number of rotatable bonds is 10. The van der Waals surface area contributed by atoms with Crippen molar-refractivity contribution in [2.24, 2.45) is 5.92 Å². The summed E-state index contributed by atoms with van der Waals surface area (Å²) in [5.74, 6) is 1.70. The Morgan fingerprint density at radius 3 is 2.10 bits per heavy atom. The van der Waals surface area contributed by atoms with Crippen molar-refractivity contribution in [3.05, 3.63) is 57.6 Å². The molecule has 0 aromatic heterocycles. The predicted octanol–water partition coefficient (Wildman–Crippen LogP) is 6.28. The van der Waals surface area contributed by atoms with Gasteiger partial charge in [-0.1, -0.05) is 56.1 Å². The SMILES string of the molecule is CC(CCl)COc1c(Cl)cc(C(C)(C)c2ccc(OCC(O)CF)cc2)cc1Cl. The quantitative estimate of drug-likeness (QED) is 0.421. The van der Waals surface area contributed by atoms with E-state index in [2.05, 4.69) is 13.8 Å². The highest BCUT2D eigenvalue weighted by atomic mass is 35.5. The van der Waals surface area contributed by atoms with Crippen LogP contribution in [0.4, 0.5) is 4.39 Å². The second-order valence-electron chi connectivity index (χ2n) is 7.61. The van der Waals surface area contributed by atoms with E-state index in [-0.39, 0.29) is 17.9 Å². The van der Waals surface area contributed by atoms with Gasteiger partial charge in [-0.3, -0.25) is 0 Å². The van der Waals surface area contributed by atoms with Gasteiger partial charge in [-0.05, 0) is 35.4 Å². The van der Waals surface area contributed by atoms with Crippen LogP contribution in [-0.2, 0) is 5.41 Å². The van der Waals surface area contributed by atoms with Crippen LogP contribution in [0.25, 0.3) is 0 Å². The average Bonchev–Trinajstić information content (AvgIpc) is 2.71. The van der Waals surface area contributed by atoms with Gasteiger partial charge in [0.2, 0.25) is 0 Å². The number of aliphatic hydroxyl groups excluding tert-OH is 1. The average molecular weight is 464 g/mol. The summed E-state index contributed by atoms with van der Waals surface area (Å²) in [7, 11) is 0. The second-order valence-corrected chi connectivity index (χ2v) is 8.73. The zero-order valence-electron chi connectivity index (χ0n) is 16.7. The Bertz CT molecular complexity index is 773. The van der Waals surface area contributed by atoms with E-state index >= 15 is 0 Å². The van der Waals surface area contributed by atoms with Gasteiger partial charge in [0.05, 0.1) is 16.7 Å². The largest absolute Gasteiger partial charge is 0.491 e. The summed E-state index contributed by atoms with van der Waals surface area (Å²) in [5, 5.41) is 10.2. The zero-order chi connectivity index (χ0) is 21.6. The summed E-state index contributed by atoms with van der Waals surface area (Å²) in [6, 6.07) is 11.1. The summed E-state index contributed by atoms with van der Waals surface area (Å²) in [6.45, 7) is 5.62. The Balaban J connectivity index is 2.19. The molecule has 2 atom stereocenters. The first-order valence-corrected chi connectivity index (χ1v) is 10.6. The Labute approximate surface area is 186 Å². The molecule has 160 valence electrons. The van der Waals surface area contributed by atoms with Gasteiger partial charge in [0.25, 0.3) is 0 Å². The smallest absolute Gasteiger partial charge is 0.156 e. The third-order valence-electron chi connectivity index (χ3n) is 4.69. The number of aliphatic hydroxyl groups is 1. The first-order valence-electron chi connectivity index (χ1n) is 9.34. The number of halogens is 4. The molecule has 2 aromatic carbocycles. The van der Waals surface area contributed by atoms with Crippen molar-refractivity contribution in [2.45, 2.75) is 32.3 Å². The topological polar surface area (TPSA) is 38.7 Å². The molecule has 29 heavy (non-hydrogen) atoms. The van der Waals surface area contributed by atoms with E-state index in [1.165, 1.54) is 0 Å². The molecule has 3 nitrogen and oxygen atoms in total. The van der Waals surface area contributed by atoms with E-state index in [1.54, 1.807) is 12.1 Å². The lowest BCUT2D eigenvalue weighted by molar-refractivity contribution is 0.0842. The van der Waals surface area contributed by atoms with Gasteiger partial charge >= 0.3 is 0 Å². The third-order valence-corrected chi connectivity index (χ3v) is 5.78. The molecule has 2 unspecified atom stereocenters. The van der Waals surface area contributed by atoms with Crippen LogP contribution in [0.1, 0.15) is 31.9 Å². The fourth-order valence-corrected chi connectivity index (χ4v) is 3.39. The lowest BCUT2D eigenvalue weighted by Gasteiger charge is -2.27. The maximum Gasteiger partial charge on any atom is 0.156 e. The first kappa shape index (κ1) is 24.1. The van der Waals surface area contributed by atoms with E-state index in [0.717, 1.165) is 11.1 Å². The minimum atomic E-state index is -1.12. The summed E-state index contributed by atoms with van der Waals surface area (Å²) in [5.41, 5.74) is 1.57. The Morgan fingerprint density at radius 1 is 1.00 bits per heavy atom. The lowest BCUT2D eigenvalue weighted by atomic mass is 9.78. The van der Waals surface area contributed by atoms with Crippen molar-refractivity contribution in [1.29, 1.82) is 0 Å². The van der Waals surface area contributed by atoms with Crippen molar-refractivity contribution in [1.82, 2.24) is 0 Å². The van der Waals surface area contributed by atoms with Crippen LogP contribution in [0.15, 0.2) is 36.4 Å². The van der Waals surface area contributed by atoms with Crippen molar-refractivity contribution in [3.63, 3.8) is 0 Å². The van der Waals surface area contributed by atoms with Gasteiger partial charge in [0.15, 0.2) is 5.75 Å². The number of hydrogen-bond acceptors (Lipinski definition) is 3. The van der Waals surface area contributed by atoms with Crippen LogP contribution >= 0.6 is 34.8 Å². The summed E-state index contributed by atoms with van der Waals surface area (Å²) >= 11 is 18.7. The molecule has 0 saturated carbocycles. The standard InChI is InChI=1S/C22H26Cl3FO3/c1-14(10-23)12-29-21-19(24)8-16(9-20(21)25)22(2,3)15-4-6-18(7-5-15)28-13-17(27)11-26/h4-9,14,17,27H,10-13H2,1-3H3. The molecular weight excluding hydrogens is 438 g/mol. The molecule has 0 amide bonds. The molecule has 0 saturated heterocycles. The molecule has 0 heterocycles. The molecule has 0 fully saturated rings. The molecule has 0 bridgehead atoms. The van der Waals surface area contributed by atoms with Crippen molar-refractivity contribution < 1.29 is 19.0 Å². The summed E-state index contributed by atoms with van der Waals surface area (Å²) in [6.07, 6.45) is -1.12. The van der Waals surface area contributed by atoms with Crippen LogP contribution in [-0.4, -0.2) is 37.0 Å². The van der Waals surface area contributed by atoms with Gasteiger partial charge in [-0.15, -0.1) is 11.6 Å². The van der Waals surface area contributed by atoms with E-state index in [4.69, 9.17) is 44.3 Å². The van der Waals surface area contributed by atoms with Crippen LogP contribution in [0, 0.1) is 5.92 Å². The van der Waals surface area contributed by atoms with Gasteiger partial charge in [0, 0.05) is 17.2 Å². The predicted molar refractivity (Wildman–Crippen MR) is 118 cm³/mol. The Hall–Kier alpha value is -1.20. The Kier molecular flexibility index (Phi) is 8.90. The lowest BCUT2D eigenvalue weighted by Crippen LogP contribution is -2.20. The van der Waals surface area contributed by atoms with Gasteiger partial charge in [-0.2, -0.15) is 0 Å². The maximum atomic E-state index is 12.3. The maximum absolute atomic E-state index is 12.3. The summed E-state index contributed by atoms with van der Waals surface area (Å²) < 4.78 is 23.5. The molecule has 7 heteroatoms. The molecule has 2 rings (SSSR count). The molecule has 0 spiro atoms. The normalized spacial score (nSPS) is 13.8. The van der Waals surface area contributed by atoms with Crippen molar-refractivity contribution >= 4 is 34.8 Å². The van der Waals surface area contributed by atoms with Crippen LogP contribution in [0.2, 0.25) is 10.0 Å². The highest BCUT2D eigenvalue weighted by Gasteiger charge is 2.26. The number of ether oxygens (including phenoxy) is 2. The van der Waals surface area contributed by atoms with Crippen LogP contribution < -0.4 is 9.47 Å². The number of alkyl halides is 2. The van der Waals surface area contributed by atoms with Crippen molar-refractivity contribution in [3.8, 4) is 11.5 Å². The molecule has 1 N–H and O–H groups in total. The fourth-order valence-electron chi connectivity index (χ4n) is 2.70. The van der Waals surface area contributed by atoms with Crippen LogP contribution in [0.5, 0.6) is 11.5 Å². The van der Waals surface area contributed by atoms with Crippen LogP contribution in [0.3, 0.4) is 0 Å². The summed E-state index contributed by atoms with van der Waals surface area (Å²) in [4.78, 5) is 0. The van der Waals surface area contributed by atoms with Gasteiger partial charge in [0.1, 0.15) is 25.1 Å². The molecule has 0 aliphatic carbocycles. The molecular formula is C22H26Cl3FO3. The van der Waals surface area contributed by atoms with E-state index in [9.17, 15) is 9.50 Å². The monoisotopic (exact) mass is 462 g/mol. The molecule has 0 radical (unpaired) electrons. The Morgan fingerprint density at radius 2 is 1.59 bits per heavy atom. The third kappa shape index (κ3) is 6.39. The zero-order valence-corrected chi connectivity index (χ0v) is 19.0.